The molecule has 1 N–H and O–H groups in total. The maximum atomic E-state index is 13.9. The molecule has 1 amide bonds. The van der Waals surface area contributed by atoms with E-state index >= 15 is 0 Å². The molecular weight excluding hydrogens is 460 g/mol. The highest BCUT2D eigenvalue weighted by Crippen LogP contribution is 2.42. The third-order valence-corrected chi connectivity index (χ3v) is 8.12. The van der Waals surface area contributed by atoms with Gasteiger partial charge in [0.1, 0.15) is 17.1 Å². The number of ether oxygens (including phenoxy) is 3. The molecule has 4 rings (SSSR count). The van der Waals surface area contributed by atoms with Crippen molar-refractivity contribution in [1.82, 2.24) is 19.2 Å². The molecule has 11 heteroatoms. The van der Waals surface area contributed by atoms with E-state index in [-0.39, 0.29) is 11.5 Å². The van der Waals surface area contributed by atoms with E-state index in [1.807, 2.05) is 20.8 Å². The molecule has 1 spiro atoms. The Morgan fingerprint density at radius 1 is 1.24 bits per heavy atom. The number of nitrogens with zero attached hydrogens (tertiary/aromatic N) is 3. The molecule has 10 nitrogen and oxygen atoms in total. The molecule has 34 heavy (non-hydrogen) atoms. The number of carbonyl (C=O) groups is 1. The summed E-state index contributed by atoms with van der Waals surface area (Å²) in [4.78, 5) is 21.4. The Hall–Kier alpha value is -2.63. The lowest BCUT2D eigenvalue weighted by molar-refractivity contribution is -0.0916. The number of H-pyrrole nitrogens is 1. The molecule has 0 aliphatic carbocycles. The maximum Gasteiger partial charge on any atom is 0.410 e. The van der Waals surface area contributed by atoms with E-state index in [0.29, 0.717) is 38.1 Å². The number of likely N-dealkylation sites (tertiary alicyclic amines) is 1. The summed E-state index contributed by atoms with van der Waals surface area (Å²) in [5.74, 6) is 0.575. The largest absolute Gasteiger partial charge is 0.497 e. The zero-order chi connectivity index (χ0) is 24.6. The van der Waals surface area contributed by atoms with Crippen LogP contribution in [0.5, 0.6) is 5.75 Å². The van der Waals surface area contributed by atoms with Crippen molar-refractivity contribution >= 4 is 16.1 Å². The molecule has 0 bridgehead atoms. The summed E-state index contributed by atoms with van der Waals surface area (Å²) in [6.07, 6.45) is 3.99. The summed E-state index contributed by atoms with van der Waals surface area (Å²) in [5, 5.41) is 0. The van der Waals surface area contributed by atoms with Gasteiger partial charge in [-0.05, 0) is 45.0 Å². The monoisotopic (exact) mass is 492 g/mol. The fourth-order valence-corrected chi connectivity index (χ4v) is 6.42. The van der Waals surface area contributed by atoms with Gasteiger partial charge in [-0.25, -0.2) is 18.2 Å². The molecule has 2 aromatic rings. The highest BCUT2D eigenvalue weighted by Gasteiger charge is 2.55. The SMILES string of the molecule is COc1ccc(S(=O)(=O)N2C(Cc3cnc[nH]3)COC23CCN(C(=O)OC(C)(C)C)CC3)cc1. The van der Waals surface area contributed by atoms with E-state index in [0.717, 1.165) is 5.69 Å². The van der Waals surface area contributed by atoms with Gasteiger partial charge in [-0.1, -0.05) is 0 Å². The molecular formula is C23H32N4O6S. The average Bonchev–Trinajstić information content (AvgIpc) is 3.42. The quantitative estimate of drug-likeness (QED) is 0.683. The van der Waals surface area contributed by atoms with Crippen LogP contribution < -0.4 is 4.74 Å². The standard InChI is InChI=1S/C23H32N4O6S/c1-22(2,3)33-21(28)26-11-9-23(10-12-26)27(18(15-32-23)13-17-14-24-16-25-17)34(29,30)20-7-5-19(31-4)6-8-20/h5-8,14,16,18H,9-13,15H2,1-4H3,(H,24,25). The highest BCUT2D eigenvalue weighted by atomic mass is 32.2. The van der Waals surface area contributed by atoms with Crippen molar-refractivity contribution in [3.63, 3.8) is 0 Å². The number of hydrogen-bond donors (Lipinski definition) is 1. The Morgan fingerprint density at radius 3 is 2.47 bits per heavy atom. The predicted molar refractivity (Wildman–Crippen MR) is 124 cm³/mol. The van der Waals surface area contributed by atoms with Crippen molar-refractivity contribution in [1.29, 1.82) is 0 Å². The molecule has 186 valence electrons. The van der Waals surface area contributed by atoms with Crippen LogP contribution in [0.15, 0.2) is 41.7 Å². The summed E-state index contributed by atoms with van der Waals surface area (Å²) in [6.45, 7) is 6.38. The van der Waals surface area contributed by atoms with Crippen LogP contribution in [0.25, 0.3) is 0 Å². The Balaban J connectivity index is 1.62. The molecule has 2 saturated heterocycles. The van der Waals surface area contributed by atoms with Crippen molar-refractivity contribution in [2.75, 3.05) is 26.8 Å². The Kier molecular flexibility index (Phi) is 6.63. The minimum Gasteiger partial charge on any atom is -0.497 e. The van der Waals surface area contributed by atoms with Crippen LogP contribution in [0.1, 0.15) is 39.3 Å². The summed E-state index contributed by atoms with van der Waals surface area (Å²) >= 11 is 0. The smallest absolute Gasteiger partial charge is 0.410 e. The molecule has 1 unspecified atom stereocenters. The molecule has 2 fully saturated rings. The van der Waals surface area contributed by atoms with Gasteiger partial charge in [0.05, 0.1) is 31.0 Å². The van der Waals surface area contributed by atoms with Crippen LogP contribution in [0.3, 0.4) is 0 Å². The number of nitrogens with one attached hydrogen (secondary N) is 1. The second-order valence-corrected chi connectivity index (χ2v) is 11.5. The van der Waals surface area contributed by atoms with E-state index in [1.54, 1.807) is 41.7 Å². The predicted octanol–water partition coefficient (Wildman–Crippen LogP) is 2.78. The highest BCUT2D eigenvalue weighted by molar-refractivity contribution is 7.89. The van der Waals surface area contributed by atoms with E-state index in [9.17, 15) is 13.2 Å². The average molecular weight is 493 g/mol. The van der Waals surface area contributed by atoms with Gasteiger partial charge < -0.3 is 24.1 Å². The van der Waals surface area contributed by atoms with Crippen molar-refractivity contribution in [3.05, 3.63) is 42.5 Å². The van der Waals surface area contributed by atoms with Gasteiger partial charge in [-0.2, -0.15) is 4.31 Å². The fraction of sp³-hybridized carbons (Fsp3) is 0.565. The van der Waals surface area contributed by atoms with Crippen LogP contribution in [0, 0.1) is 0 Å². The number of sulfonamides is 1. The van der Waals surface area contributed by atoms with Gasteiger partial charge in [-0.3, -0.25) is 0 Å². The number of rotatable bonds is 5. The van der Waals surface area contributed by atoms with E-state index in [2.05, 4.69) is 9.97 Å². The van der Waals surface area contributed by atoms with Crippen LogP contribution in [0.4, 0.5) is 4.79 Å². The first kappa shape index (κ1) is 24.5. The van der Waals surface area contributed by atoms with Crippen molar-refractivity contribution in [2.24, 2.45) is 0 Å². The van der Waals surface area contributed by atoms with Crippen LogP contribution >= 0.6 is 0 Å². The molecule has 0 radical (unpaired) electrons. The summed E-state index contributed by atoms with van der Waals surface area (Å²) in [5.41, 5.74) is -0.816. The fourth-order valence-electron chi connectivity index (χ4n) is 4.51. The van der Waals surface area contributed by atoms with Crippen molar-refractivity contribution in [2.45, 2.75) is 62.3 Å². The zero-order valence-corrected chi connectivity index (χ0v) is 20.8. The van der Waals surface area contributed by atoms with Crippen molar-refractivity contribution < 1.29 is 27.4 Å². The molecule has 1 aromatic heterocycles. The normalized spacial score (nSPS) is 21.1. The second kappa shape index (κ2) is 9.20. The lowest BCUT2D eigenvalue weighted by atomic mass is 10.00. The van der Waals surface area contributed by atoms with Gasteiger partial charge in [0.25, 0.3) is 0 Å². The molecule has 0 saturated carbocycles. The third-order valence-electron chi connectivity index (χ3n) is 6.10. The van der Waals surface area contributed by atoms with Gasteiger partial charge in [0, 0.05) is 44.2 Å². The molecule has 1 atom stereocenters. The Morgan fingerprint density at radius 2 is 1.91 bits per heavy atom. The number of imidazole rings is 1. The number of piperidine rings is 1. The zero-order valence-electron chi connectivity index (χ0n) is 20.0. The van der Waals surface area contributed by atoms with E-state index in [4.69, 9.17) is 14.2 Å². The summed E-state index contributed by atoms with van der Waals surface area (Å²) in [6, 6.07) is 5.93. The molecule has 2 aliphatic heterocycles. The van der Waals surface area contributed by atoms with Crippen LogP contribution in [0.2, 0.25) is 0 Å². The number of hydrogen-bond acceptors (Lipinski definition) is 7. The Labute approximate surface area is 200 Å². The first-order valence-corrected chi connectivity index (χ1v) is 12.8. The van der Waals surface area contributed by atoms with E-state index < -0.39 is 33.5 Å². The van der Waals surface area contributed by atoms with Crippen LogP contribution in [-0.4, -0.2) is 77.9 Å². The van der Waals surface area contributed by atoms with Crippen molar-refractivity contribution in [3.8, 4) is 5.75 Å². The van der Waals surface area contributed by atoms with Gasteiger partial charge >= 0.3 is 6.09 Å². The minimum atomic E-state index is -3.91. The topological polar surface area (TPSA) is 114 Å². The third kappa shape index (κ3) is 4.91. The van der Waals surface area contributed by atoms with Crippen LogP contribution in [-0.2, 0) is 25.9 Å². The summed E-state index contributed by atoms with van der Waals surface area (Å²) in [7, 11) is -2.37. The number of amides is 1. The lowest BCUT2D eigenvalue weighted by Crippen LogP contribution is -2.58. The second-order valence-electron chi connectivity index (χ2n) is 9.64. The first-order valence-electron chi connectivity index (χ1n) is 11.3. The number of methoxy groups -OCH3 is 1. The van der Waals surface area contributed by atoms with Gasteiger partial charge in [0.15, 0.2) is 0 Å². The van der Waals surface area contributed by atoms with Gasteiger partial charge in [0.2, 0.25) is 10.0 Å². The number of benzene rings is 1. The molecule has 1 aromatic carbocycles. The van der Waals surface area contributed by atoms with E-state index in [1.165, 1.54) is 11.4 Å². The Bertz CT molecular complexity index is 1090. The maximum absolute atomic E-state index is 13.9. The van der Waals surface area contributed by atoms with Gasteiger partial charge in [-0.15, -0.1) is 0 Å². The molecule has 3 heterocycles. The minimum absolute atomic E-state index is 0.169. The summed E-state index contributed by atoms with van der Waals surface area (Å²) < 4.78 is 46.3. The number of aromatic nitrogens is 2. The number of carbonyl (C=O) groups excluding carboxylic acids is 1. The number of aromatic amines is 1. The molecule has 2 aliphatic rings. The first-order chi connectivity index (χ1) is 16.0. The lowest BCUT2D eigenvalue weighted by Gasteiger charge is -2.44.